The largest absolute Gasteiger partial charge is 0.507 e. The highest BCUT2D eigenvalue weighted by Gasteiger charge is 2.21. The Morgan fingerprint density at radius 1 is 1.45 bits per heavy atom. The number of rotatable bonds is 5. The molecule has 2 N–H and O–H groups in total. The molecule has 0 aromatic heterocycles. The van der Waals surface area contributed by atoms with Gasteiger partial charge < -0.3 is 10.2 Å². The van der Waals surface area contributed by atoms with Crippen LogP contribution in [0.15, 0.2) is 17.1 Å². The van der Waals surface area contributed by atoms with Crippen LogP contribution < -0.4 is 0 Å². The van der Waals surface area contributed by atoms with E-state index in [0.29, 0.717) is 17.2 Å². The number of nitrogens with zero attached hydrogens (tertiary/aromatic N) is 2. The topological polar surface area (TPSA) is 56.1 Å². The van der Waals surface area contributed by atoms with Crippen LogP contribution in [-0.4, -0.2) is 47.0 Å². The molecule has 1 aliphatic heterocycles. The second kappa shape index (κ2) is 6.86. The molecule has 1 saturated heterocycles. The van der Waals surface area contributed by atoms with Gasteiger partial charge in [0.2, 0.25) is 0 Å². The number of likely N-dealkylation sites (N-methyl/N-ethyl adjacent to an activating group) is 1. The molecule has 0 saturated carbocycles. The average Bonchev–Trinajstić information content (AvgIpc) is 2.89. The van der Waals surface area contributed by atoms with E-state index in [0.717, 1.165) is 18.7 Å². The van der Waals surface area contributed by atoms with Gasteiger partial charge in [-0.05, 0) is 44.5 Å². The van der Waals surface area contributed by atoms with E-state index in [1.165, 1.54) is 19.4 Å². The highest BCUT2D eigenvalue weighted by Crippen LogP contribution is 2.23. The highest BCUT2D eigenvalue weighted by atomic mass is 16.3. The van der Waals surface area contributed by atoms with E-state index in [4.69, 9.17) is 0 Å². The highest BCUT2D eigenvalue weighted by molar-refractivity contribution is 5.84. The predicted octanol–water partition coefficient (Wildman–Crippen LogP) is 2.10. The molecule has 1 aliphatic rings. The van der Waals surface area contributed by atoms with Gasteiger partial charge in [0, 0.05) is 23.4 Å². The summed E-state index contributed by atoms with van der Waals surface area (Å²) in [5, 5.41) is 19.3. The van der Waals surface area contributed by atoms with E-state index in [2.05, 4.69) is 16.8 Å². The molecule has 0 unspecified atom stereocenters. The molecule has 0 amide bonds. The third kappa shape index (κ3) is 3.38. The van der Waals surface area contributed by atoms with Crippen LogP contribution in [0.1, 0.15) is 36.5 Å². The lowest BCUT2D eigenvalue weighted by molar-refractivity contribution is 0.273. The van der Waals surface area contributed by atoms with E-state index in [-0.39, 0.29) is 12.4 Å². The van der Waals surface area contributed by atoms with Crippen LogP contribution in [0.3, 0.4) is 0 Å². The monoisotopic (exact) mass is 276 g/mol. The molecule has 1 aromatic rings. The number of hydrogen-bond donors (Lipinski definition) is 2. The van der Waals surface area contributed by atoms with Crippen molar-refractivity contribution in [3.05, 3.63) is 28.8 Å². The fraction of sp³-hybridized carbons (Fsp3) is 0.562. The summed E-state index contributed by atoms with van der Waals surface area (Å²) in [4.78, 5) is 6.94. The van der Waals surface area contributed by atoms with Crippen LogP contribution in [0.2, 0.25) is 0 Å². The minimum absolute atomic E-state index is 0.139. The molecule has 4 heteroatoms. The Morgan fingerprint density at radius 3 is 2.95 bits per heavy atom. The lowest BCUT2D eigenvalue weighted by Gasteiger charge is -2.20. The minimum atomic E-state index is -0.152. The Kier molecular flexibility index (Phi) is 5.15. The molecule has 1 heterocycles. The van der Waals surface area contributed by atoms with E-state index >= 15 is 0 Å². The molecule has 110 valence electrons. The molecule has 2 rings (SSSR count). The maximum Gasteiger partial charge on any atom is 0.129 e. The summed E-state index contributed by atoms with van der Waals surface area (Å²) in [7, 11) is 0. The number of aliphatic hydroxyl groups excluding tert-OH is 1. The van der Waals surface area contributed by atoms with Crippen molar-refractivity contribution in [2.75, 3.05) is 19.6 Å². The summed E-state index contributed by atoms with van der Waals surface area (Å²) in [5.74, 6) is 0.139. The molecule has 1 aromatic carbocycles. The lowest BCUT2D eigenvalue weighted by atomic mass is 10.1. The number of aryl methyl sites for hydroxylation is 1. The van der Waals surface area contributed by atoms with E-state index in [9.17, 15) is 10.2 Å². The van der Waals surface area contributed by atoms with Gasteiger partial charge in [-0.3, -0.25) is 9.89 Å². The molecular weight excluding hydrogens is 252 g/mol. The van der Waals surface area contributed by atoms with Gasteiger partial charge in [0.1, 0.15) is 5.75 Å². The fourth-order valence-electron chi connectivity index (χ4n) is 2.89. The van der Waals surface area contributed by atoms with Gasteiger partial charge in [-0.25, -0.2) is 0 Å². The summed E-state index contributed by atoms with van der Waals surface area (Å²) in [6.07, 6.45) is 4.18. The smallest absolute Gasteiger partial charge is 0.129 e. The summed E-state index contributed by atoms with van der Waals surface area (Å²) >= 11 is 0. The van der Waals surface area contributed by atoms with Gasteiger partial charge in [-0.1, -0.05) is 13.0 Å². The predicted molar refractivity (Wildman–Crippen MR) is 81.5 cm³/mol. The number of benzene rings is 1. The van der Waals surface area contributed by atoms with Crippen molar-refractivity contribution in [1.82, 2.24) is 4.90 Å². The SMILES string of the molecule is CCN1CCC[C@H]1CN=Cc1cc(C)cc(CO)c1O. The van der Waals surface area contributed by atoms with Crippen LogP contribution in [0.4, 0.5) is 0 Å². The van der Waals surface area contributed by atoms with Crippen molar-refractivity contribution in [2.45, 2.75) is 39.3 Å². The average molecular weight is 276 g/mol. The van der Waals surface area contributed by atoms with Gasteiger partial charge in [0.05, 0.1) is 13.2 Å². The minimum Gasteiger partial charge on any atom is -0.507 e. The first-order chi connectivity index (χ1) is 9.65. The maximum absolute atomic E-state index is 10.0. The van der Waals surface area contributed by atoms with Crippen LogP contribution >= 0.6 is 0 Å². The number of aromatic hydroxyl groups is 1. The zero-order valence-electron chi connectivity index (χ0n) is 12.3. The van der Waals surface area contributed by atoms with Gasteiger partial charge in [0.25, 0.3) is 0 Å². The molecule has 0 bridgehead atoms. The van der Waals surface area contributed by atoms with Gasteiger partial charge >= 0.3 is 0 Å². The summed E-state index contributed by atoms with van der Waals surface area (Å²) in [5.41, 5.74) is 2.27. The Bertz CT molecular complexity index is 486. The molecule has 0 aliphatic carbocycles. The number of aliphatic hydroxyl groups is 1. The van der Waals surface area contributed by atoms with Crippen molar-refractivity contribution >= 4 is 6.21 Å². The quantitative estimate of drug-likeness (QED) is 0.810. The molecular formula is C16H24N2O2. The Hall–Kier alpha value is -1.39. The van der Waals surface area contributed by atoms with Crippen LogP contribution in [0.5, 0.6) is 5.75 Å². The first kappa shape index (κ1) is 15.0. The van der Waals surface area contributed by atoms with Crippen LogP contribution in [-0.2, 0) is 6.61 Å². The van der Waals surface area contributed by atoms with Crippen LogP contribution in [0.25, 0.3) is 0 Å². The van der Waals surface area contributed by atoms with E-state index in [1.807, 2.05) is 13.0 Å². The standard InChI is InChI=1S/C16H24N2O2/c1-3-18-6-4-5-15(18)10-17-9-13-7-12(2)8-14(11-19)16(13)20/h7-9,15,19-20H,3-6,10-11H2,1-2H3/t15-/m0/s1. The zero-order valence-corrected chi connectivity index (χ0v) is 12.3. The number of hydrogen-bond acceptors (Lipinski definition) is 4. The summed E-state index contributed by atoms with van der Waals surface area (Å²) in [6, 6.07) is 4.22. The van der Waals surface area contributed by atoms with Gasteiger partial charge in [-0.15, -0.1) is 0 Å². The Labute approximate surface area is 120 Å². The van der Waals surface area contributed by atoms with Crippen LogP contribution in [0, 0.1) is 6.92 Å². The maximum atomic E-state index is 10.0. The first-order valence-electron chi connectivity index (χ1n) is 7.33. The van der Waals surface area contributed by atoms with E-state index in [1.54, 1.807) is 12.3 Å². The van der Waals surface area contributed by atoms with E-state index < -0.39 is 0 Å². The summed E-state index contributed by atoms with van der Waals surface area (Å²) in [6.45, 7) is 7.00. The van der Waals surface area contributed by atoms with Crippen molar-refractivity contribution < 1.29 is 10.2 Å². The van der Waals surface area contributed by atoms with Crippen molar-refractivity contribution in [1.29, 1.82) is 0 Å². The molecule has 1 atom stereocenters. The normalized spacial score (nSPS) is 20.1. The molecule has 4 nitrogen and oxygen atoms in total. The lowest BCUT2D eigenvalue weighted by Crippen LogP contribution is -2.31. The van der Waals surface area contributed by atoms with Crippen molar-refractivity contribution in [3.8, 4) is 5.75 Å². The third-order valence-electron chi connectivity index (χ3n) is 3.98. The van der Waals surface area contributed by atoms with Crippen molar-refractivity contribution in [3.63, 3.8) is 0 Å². The zero-order chi connectivity index (χ0) is 14.5. The molecule has 0 radical (unpaired) electrons. The Morgan fingerprint density at radius 2 is 2.25 bits per heavy atom. The molecule has 0 spiro atoms. The summed E-state index contributed by atoms with van der Waals surface area (Å²) < 4.78 is 0. The fourth-order valence-corrected chi connectivity index (χ4v) is 2.89. The Balaban J connectivity index is 2.06. The van der Waals surface area contributed by atoms with Gasteiger partial charge in [-0.2, -0.15) is 0 Å². The second-order valence-electron chi connectivity index (χ2n) is 5.44. The first-order valence-corrected chi connectivity index (χ1v) is 7.33. The molecule has 1 fully saturated rings. The number of aliphatic imine (C=N–C) groups is 1. The third-order valence-corrected chi connectivity index (χ3v) is 3.98. The number of phenols is 1. The van der Waals surface area contributed by atoms with Gasteiger partial charge in [0.15, 0.2) is 0 Å². The van der Waals surface area contributed by atoms with Crippen molar-refractivity contribution in [2.24, 2.45) is 4.99 Å². The second-order valence-corrected chi connectivity index (χ2v) is 5.44. The molecule has 20 heavy (non-hydrogen) atoms. The number of likely N-dealkylation sites (tertiary alicyclic amines) is 1.